The van der Waals surface area contributed by atoms with Crippen molar-refractivity contribution in [2.75, 3.05) is 0 Å². The van der Waals surface area contributed by atoms with Crippen molar-refractivity contribution in [3.8, 4) is 0 Å². The maximum atomic E-state index is 13.1. The summed E-state index contributed by atoms with van der Waals surface area (Å²) >= 11 is 3.35. The summed E-state index contributed by atoms with van der Waals surface area (Å²) in [7, 11) is 0. The van der Waals surface area contributed by atoms with Crippen molar-refractivity contribution in [1.82, 2.24) is 5.32 Å². The van der Waals surface area contributed by atoms with Gasteiger partial charge in [0.05, 0.1) is 0 Å². The van der Waals surface area contributed by atoms with Crippen LogP contribution in [0.3, 0.4) is 0 Å². The van der Waals surface area contributed by atoms with E-state index in [1.807, 2.05) is 31.2 Å². The van der Waals surface area contributed by atoms with Crippen LogP contribution >= 0.6 is 15.9 Å². The summed E-state index contributed by atoms with van der Waals surface area (Å²) in [4.78, 5) is 0. The maximum absolute atomic E-state index is 13.1. The highest BCUT2D eigenvalue weighted by Gasteiger charge is 2.11. The van der Waals surface area contributed by atoms with Gasteiger partial charge in [0, 0.05) is 17.1 Å². The topological polar surface area (TPSA) is 12.0 Å². The highest BCUT2D eigenvalue weighted by Crippen LogP contribution is 2.18. The maximum Gasteiger partial charge on any atom is 0.194 e. The molecule has 1 N–H and O–H groups in total. The molecule has 2 aromatic carbocycles. The minimum absolute atomic E-state index is 0.0132. The third kappa shape index (κ3) is 3.61. The van der Waals surface area contributed by atoms with Crippen LogP contribution in [0.15, 0.2) is 40.9 Å². The van der Waals surface area contributed by atoms with Crippen LogP contribution in [0.1, 0.15) is 24.1 Å². The third-order valence-electron chi connectivity index (χ3n) is 3.03. The predicted octanol–water partition coefficient (Wildman–Crippen LogP) is 4.72. The van der Waals surface area contributed by atoms with Crippen LogP contribution in [-0.2, 0) is 6.54 Å². The quantitative estimate of drug-likeness (QED) is 0.792. The van der Waals surface area contributed by atoms with Gasteiger partial charge in [0.2, 0.25) is 0 Å². The first-order chi connectivity index (χ1) is 9.47. The Morgan fingerprint density at radius 1 is 1.05 bits per heavy atom. The second-order valence-corrected chi connectivity index (χ2v) is 5.44. The summed E-state index contributed by atoms with van der Waals surface area (Å²) in [6.07, 6.45) is 0. The van der Waals surface area contributed by atoms with Crippen molar-refractivity contribution >= 4 is 15.9 Å². The van der Waals surface area contributed by atoms with Crippen LogP contribution in [-0.4, -0.2) is 0 Å². The summed E-state index contributed by atoms with van der Waals surface area (Å²) in [6.45, 7) is 2.20. The summed E-state index contributed by atoms with van der Waals surface area (Å²) in [5, 5.41) is 3.14. The van der Waals surface area contributed by atoms with Gasteiger partial charge in [0.15, 0.2) is 17.5 Å². The fourth-order valence-electron chi connectivity index (χ4n) is 1.85. The van der Waals surface area contributed by atoms with Crippen LogP contribution in [0.2, 0.25) is 0 Å². The van der Waals surface area contributed by atoms with E-state index < -0.39 is 17.5 Å². The Kier molecular flexibility index (Phi) is 4.83. The summed E-state index contributed by atoms with van der Waals surface area (Å²) < 4.78 is 40.0. The lowest BCUT2D eigenvalue weighted by atomic mass is 10.1. The van der Waals surface area contributed by atoms with Crippen LogP contribution in [0, 0.1) is 17.5 Å². The van der Waals surface area contributed by atoms with Gasteiger partial charge in [0.1, 0.15) is 0 Å². The van der Waals surface area contributed by atoms with Crippen molar-refractivity contribution in [2.24, 2.45) is 0 Å². The lowest BCUT2D eigenvalue weighted by Gasteiger charge is -2.14. The molecule has 1 nitrogen and oxygen atoms in total. The van der Waals surface area contributed by atoms with Gasteiger partial charge < -0.3 is 5.32 Å². The molecule has 0 saturated carbocycles. The van der Waals surface area contributed by atoms with E-state index >= 15 is 0 Å². The normalized spacial score (nSPS) is 12.4. The van der Waals surface area contributed by atoms with Gasteiger partial charge in [-0.05, 0) is 42.3 Å². The molecule has 1 atom stereocenters. The zero-order valence-corrected chi connectivity index (χ0v) is 12.3. The number of hydrogen-bond acceptors (Lipinski definition) is 1. The van der Waals surface area contributed by atoms with E-state index in [1.165, 1.54) is 0 Å². The molecule has 20 heavy (non-hydrogen) atoms. The molecule has 0 saturated heterocycles. The van der Waals surface area contributed by atoms with E-state index in [-0.39, 0.29) is 12.6 Å². The Bertz CT molecular complexity index is 576. The number of nitrogens with one attached hydrogen (secondary N) is 1. The van der Waals surface area contributed by atoms with E-state index in [1.54, 1.807) is 0 Å². The minimum atomic E-state index is -1.44. The molecule has 0 aromatic heterocycles. The number of benzene rings is 2. The Morgan fingerprint density at radius 3 is 2.15 bits per heavy atom. The number of halogens is 4. The van der Waals surface area contributed by atoms with Gasteiger partial charge in [-0.1, -0.05) is 28.1 Å². The second-order valence-electron chi connectivity index (χ2n) is 4.53. The fourth-order valence-corrected chi connectivity index (χ4v) is 2.11. The molecule has 0 heterocycles. The first-order valence-electron chi connectivity index (χ1n) is 6.09. The van der Waals surface area contributed by atoms with E-state index in [0.29, 0.717) is 5.56 Å². The van der Waals surface area contributed by atoms with E-state index in [9.17, 15) is 13.2 Å². The first kappa shape index (κ1) is 15.1. The SMILES string of the molecule is C[C@@H](NCc1cc(F)c(F)c(F)c1)c1ccc(Br)cc1. The number of hydrogen-bond donors (Lipinski definition) is 1. The van der Waals surface area contributed by atoms with Crippen molar-refractivity contribution < 1.29 is 13.2 Å². The largest absolute Gasteiger partial charge is 0.306 e. The second kappa shape index (κ2) is 6.41. The fraction of sp³-hybridized carbons (Fsp3) is 0.200. The molecular formula is C15H13BrF3N. The molecule has 2 rings (SSSR count). The van der Waals surface area contributed by atoms with Crippen molar-refractivity contribution in [3.63, 3.8) is 0 Å². The summed E-state index contributed by atoms with van der Waals surface area (Å²) in [5.41, 5.74) is 1.42. The Hall–Kier alpha value is -1.33. The van der Waals surface area contributed by atoms with Gasteiger partial charge in [-0.25, -0.2) is 13.2 Å². The summed E-state index contributed by atoms with van der Waals surface area (Å²) in [6, 6.07) is 9.76. The monoisotopic (exact) mass is 343 g/mol. The summed E-state index contributed by atoms with van der Waals surface area (Å²) in [5.74, 6) is -3.77. The number of rotatable bonds is 4. The average molecular weight is 344 g/mol. The molecule has 106 valence electrons. The highest BCUT2D eigenvalue weighted by atomic mass is 79.9. The van der Waals surface area contributed by atoms with Crippen molar-refractivity contribution in [1.29, 1.82) is 0 Å². The molecule has 0 spiro atoms. The standard InChI is InChI=1S/C15H13BrF3N/c1-9(11-2-4-12(16)5-3-11)20-8-10-6-13(17)15(19)14(18)7-10/h2-7,9,20H,8H2,1H3/t9-/m1/s1. The van der Waals surface area contributed by atoms with Crippen LogP contribution in [0.4, 0.5) is 13.2 Å². The molecule has 5 heteroatoms. The molecule has 0 amide bonds. The van der Waals surface area contributed by atoms with Gasteiger partial charge in [-0.2, -0.15) is 0 Å². The third-order valence-corrected chi connectivity index (χ3v) is 3.55. The molecule has 0 fully saturated rings. The predicted molar refractivity (Wildman–Crippen MR) is 75.7 cm³/mol. The van der Waals surface area contributed by atoms with Crippen LogP contribution < -0.4 is 5.32 Å². The molecule has 2 aromatic rings. The molecule has 0 aliphatic carbocycles. The van der Waals surface area contributed by atoms with Crippen LogP contribution in [0.25, 0.3) is 0 Å². The van der Waals surface area contributed by atoms with Gasteiger partial charge in [-0.15, -0.1) is 0 Å². The average Bonchev–Trinajstić information content (AvgIpc) is 2.42. The highest BCUT2D eigenvalue weighted by molar-refractivity contribution is 9.10. The Labute approximate surface area is 123 Å². The minimum Gasteiger partial charge on any atom is -0.306 e. The van der Waals surface area contributed by atoms with Gasteiger partial charge >= 0.3 is 0 Å². The molecule has 0 bridgehead atoms. The van der Waals surface area contributed by atoms with Crippen LogP contribution in [0.5, 0.6) is 0 Å². The van der Waals surface area contributed by atoms with Gasteiger partial charge in [-0.3, -0.25) is 0 Å². The van der Waals surface area contributed by atoms with E-state index in [0.717, 1.165) is 22.2 Å². The smallest absolute Gasteiger partial charge is 0.194 e. The van der Waals surface area contributed by atoms with E-state index in [2.05, 4.69) is 21.2 Å². The van der Waals surface area contributed by atoms with Gasteiger partial charge in [0.25, 0.3) is 0 Å². The molecule has 0 unspecified atom stereocenters. The zero-order valence-electron chi connectivity index (χ0n) is 10.8. The van der Waals surface area contributed by atoms with E-state index in [4.69, 9.17) is 0 Å². The Balaban J connectivity index is 2.03. The zero-order chi connectivity index (χ0) is 14.7. The molecule has 0 aliphatic heterocycles. The first-order valence-corrected chi connectivity index (χ1v) is 6.89. The molecular weight excluding hydrogens is 331 g/mol. The van der Waals surface area contributed by atoms with Crippen molar-refractivity contribution in [3.05, 3.63) is 69.4 Å². The van der Waals surface area contributed by atoms with Crippen molar-refractivity contribution in [2.45, 2.75) is 19.5 Å². The lowest BCUT2D eigenvalue weighted by Crippen LogP contribution is -2.18. The Morgan fingerprint density at radius 2 is 1.60 bits per heavy atom. The molecule has 0 aliphatic rings. The lowest BCUT2D eigenvalue weighted by molar-refractivity contribution is 0.443. The molecule has 0 radical (unpaired) electrons.